The average molecular weight is 340 g/mol. The summed E-state index contributed by atoms with van der Waals surface area (Å²) in [5.74, 6) is 0.637. The maximum atomic E-state index is 13.0. The summed E-state index contributed by atoms with van der Waals surface area (Å²) in [6.45, 7) is 1.77. The highest BCUT2D eigenvalue weighted by atomic mass is 19.1. The summed E-state index contributed by atoms with van der Waals surface area (Å²) in [7, 11) is 0. The highest BCUT2D eigenvalue weighted by molar-refractivity contribution is 5.77. The fraction of sp³-hybridized carbons (Fsp3) is 0.158. The molecule has 0 aliphatic carbocycles. The first-order chi connectivity index (χ1) is 12.1. The molecular weight excluding hydrogens is 323 g/mol. The molecule has 0 aliphatic heterocycles. The SMILES string of the molecule is Cc1oc(CNC(=O)COc2cccc(F)c2)nc1-c1ccccc1. The number of aryl methyl sites for hydroxylation is 1. The number of rotatable bonds is 6. The number of hydrogen-bond acceptors (Lipinski definition) is 4. The van der Waals surface area contributed by atoms with E-state index in [0.717, 1.165) is 11.3 Å². The Morgan fingerprint density at radius 3 is 2.76 bits per heavy atom. The summed E-state index contributed by atoms with van der Waals surface area (Å²) in [5.41, 5.74) is 1.71. The van der Waals surface area contributed by atoms with Crippen LogP contribution in [-0.2, 0) is 11.3 Å². The molecule has 0 unspecified atom stereocenters. The molecule has 0 aliphatic rings. The van der Waals surface area contributed by atoms with Gasteiger partial charge in [-0.1, -0.05) is 36.4 Å². The summed E-state index contributed by atoms with van der Waals surface area (Å²) in [6, 6.07) is 15.3. The second-order valence-corrected chi connectivity index (χ2v) is 5.40. The zero-order valence-electron chi connectivity index (χ0n) is 13.7. The number of carbonyl (C=O) groups is 1. The quantitative estimate of drug-likeness (QED) is 0.746. The van der Waals surface area contributed by atoms with Crippen LogP contribution in [0.2, 0.25) is 0 Å². The fourth-order valence-corrected chi connectivity index (χ4v) is 2.32. The summed E-state index contributed by atoms with van der Waals surface area (Å²) >= 11 is 0. The zero-order chi connectivity index (χ0) is 17.6. The second kappa shape index (κ2) is 7.61. The molecule has 25 heavy (non-hydrogen) atoms. The Labute approximate surface area is 144 Å². The number of aromatic nitrogens is 1. The van der Waals surface area contributed by atoms with Crippen molar-refractivity contribution in [2.75, 3.05) is 6.61 Å². The van der Waals surface area contributed by atoms with Gasteiger partial charge in [0, 0.05) is 11.6 Å². The van der Waals surface area contributed by atoms with Crippen molar-refractivity contribution in [1.82, 2.24) is 10.3 Å². The van der Waals surface area contributed by atoms with E-state index in [1.807, 2.05) is 37.3 Å². The van der Waals surface area contributed by atoms with Crippen molar-refractivity contribution in [2.24, 2.45) is 0 Å². The average Bonchev–Trinajstić information content (AvgIpc) is 3.00. The molecule has 1 N–H and O–H groups in total. The van der Waals surface area contributed by atoms with Gasteiger partial charge in [-0.3, -0.25) is 4.79 Å². The van der Waals surface area contributed by atoms with Crippen LogP contribution in [0.4, 0.5) is 4.39 Å². The van der Waals surface area contributed by atoms with E-state index in [2.05, 4.69) is 10.3 Å². The van der Waals surface area contributed by atoms with Crippen molar-refractivity contribution >= 4 is 5.91 Å². The van der Waals surface area contributed by atoms with Gasteiger partial charge in [0.05, 0.1) is 6.54 Å². The summed E-state index contributed by atoms with van der Waals surface area (Å²) in [5, 5.41) is 2.66. The number of halogens is 1. The van der Waals surface area contributed by atoms with Gasteiger partial charge in [0.15, 0.2) is 6.61 Å². The van der Waals surface area contributed by atoms with Crippen LogP contribution >= 0.6 is 0 Å². The lowest BCUT2D eigenvalue weighted by molar-refractivity contribution is -0.123. The predicted molar refractivity (Wildman–Crippen MR) is 90.4 cm³/mol. The minimum atomic E-state index is -0.415. The minimum Gasteiger partial charge on any atom is -0.484 e. The molecule has 1 aromatic heterocycles. The Balaban J connectivity index is 1.54. The molecule has 0 spiro atoms. The van der Waals surface area contributed by atoms with E-state index in [1.54, 1.807) is 6.07 Å². The Bertz CT molecular complexity index is 862. The number of benzene rings is 2. The summed E-state index contributed by atoms with van der Waals surface area (Å²) in [4.78, 5) is 16.2. The van der Waals surface area contributed by atoms with Crippen LogP contribution in [0.5, 0.6) is 5.75 Å². The highest BCUT2D eigenvalue weighted by Crippen LogP contribution is 2.22. The first-order valence-electron chi connectivity index (χ1n) is 7.78. The second-order valence-electron chi connectivity index (χ2n) is 5.40. The van der Waals surface area contributed by atoms with Crippen LogP contribution in [0.3, 0.4) is 0 Å². The van der Waals surface area contributed by atoms with Gasteiger partial charge >= 0.3 is 0 Å². The summed E-state index contributed by atoms with van der Waals surface area (Å²) < 4.78 is 23.9. The van der Waals surface area contributed by atoms with Crippen molar-refractivity contribution < 1.29 is 18.3 Å². The third kappa shape index (κ3) is 4.44. The molecule has 0 fully saturated rings. The molecule has 0 bridgehead atoms. The molecule has 2 aromatic carbocycles. The maximum absolute atomic E-state index is 13.0. The van der Waals surface area contributed by atoms with E-state index in [4.69, 9.17) is 9.15 Å². The number of oxazole rings is 1. The molecule has 0 atom stereocenters. The van der Waals surface area contributed by atoms with Crippen LogP contribution in [0.1, 0.15) is 11.7 Å². The molecule has 1 heterocycles. The van der Waals surface area contributed by atoms with E-state index in [0.29, 0.717) is 17.4 Å². The lowest BCUT2D eigenvalue weighted by Gasteiger charge is -2.06. The van der Waals surface area contributed by atoms with Gasteiger partial charge in [-0.2, -0.15) is 0 Å². The Kier molecular flexibility index (Phi) is 5.09. The molecule has 0 saturated heterocycles. The zero-order valence-corrected chi connectivity index (χ0v) is 13.7. The number of hydrogen-bond donors (Lipinski definition) is 1. The van der Waals surface area contributed by atoms with Gasteiger partial charge in [-0.05, 0) is 19.1 Å². The van der Waals surface area contributed by atoms with Crippen LogP contribution in [-0.4, -0.2) is 17.5 Å². The smallest absolute Gasteiger partial charge is 0.258 e. The molecule has 0 radical (unpaired) electrons. The molecule has 0 saturated carbocycles. The number of carbonyl (C=O) groups excluding carboxylic acids is 1. The maximum Gasteiger partial charge on any atom is 0.258 e. The Morgan fingerprint density at radius 2 is 2.00 bits per heavy atom. The van der Waals surface area contributed by atoms with Crippen molar-refractivity contribution in [1.29, 1.82) is 0 Å². The molecular formula is C19H17FN2O3. The van der Waals surface area contributed by atoms with Crippen LogP contribution in [0.15, 0.2) is 59.0 Å². The van der Waals surface area contributed by atoms with E-state index in [1.165, 1.54) is 18.2 Å². The third-order valence-corrected chi connectivity index (χ3v) is 3.49. The van der Waals surface area contributed by atoms with Crippen molar-refractivity contribution in [3.05, 3.63) is 72.1 Å². The molecule has 1 amide bonds. The first-order valence-corrected chi connectivity index (χ1v) is 7.78. The molecule has 128 valence electrons. The van der Waals surface area contributed by atoms with E-state index in [9.17, 15) is 9.18 Å². The van der Waals surface area contributed by atoms with E-state index < -0.39 is 5.82 Å². The topological polar surface area (TPSA) is 64.4 Å². The van der Waals surface area contributed by atoms with Crippen LogP contribution in [0.25, 0.3) is 11.3 Å². The van der Waals surface area contributed by atoms with Gasteiger partial charge in [0.25, 0.3) is 5.91 Å². The fourth-order valence-electron chi connectivity index (χ4n) is 2.32. The lowest BCUT2D eigenvalue weighted by Crippen LogP contribution is -2.28. The number of ether oxygens (including phenoxy) is 1. The standard InChI is InChI=1S/C19H17FN2O3/c1-13-19(14-6-3-2-4-7-14)22-18(25-13)11-21-17(23)12-24-16-9-5-8-15(20)10-16/h2-10H,11-12H2,1H3,(H,21,23). The Morgan fingerprint density at radius 1 is 1.20 bits per heavy atom. The van der Waals surface area contributed by atoms with Crippen molar-refractivity contribution in [2.45, 2.75) is 13.5 Å². The monoisotopic (exact) mass is 340 g/mol. The third-order valence-electron chi connectivity index (χ3n) is 3.49. The number of nitrogens with zero attached hydrogens (tertiary/aromatic N) is 1. The normalized spacial score (nSPS) is 10.5. The largest absolute Gasteiger partial charge is 0.484 e. The van der Waals surface area contributed by atoms with E-state index in [-0.39, 0.29) is 19.1 Å². The number of nitrogens with one attached hydrogen (secondary N) is 1. The lowest BCUT2D eigenvalue weighted by atomic mass is 10.1. The van der Waals surface area contributed by atoms with Crippen molar-refractivity contribution in [3.8, 4) is 17.0 Å². The van der Waals surface area contributed by atoms with Gasteiger partial charge in [0.1, 0.15) is 23.0 Å². The van der Waals surface area contributed by atoms with Gasteiger partial charge in [0.2, 0.25) is 5.89 Å². The predicted octanol–water partition coefficient (Wildman–Crippen LogP) is 3.48. The Hall–Kier alpha value is -3.15. The van der Waals surface area contributed by atoms with Crippen molar-refractivity contribution in [3.63, 3.8) is 0 Å². The molecule has 6 heteroatoms. The summed E-state index contributed by atoms with van der Waals surface area (Å²) in [6.07, 6.45) is 0. The van der Waals surface area contributed by atoms with Crippen LogP contribution in [0, 0.1) is 12.7 Å². The number of amides is 1. The van der Waals surface area contributed by atoms with Gasteiger partial charge < -0.3 is 14.5 Å². The van der Waals surface area contributed by atoms with Gasteiger partial charge in [-0.25, -0.2) is 9.37 Å². The van der Waals surface area contributed by atoms with E-state index >= 15 is 0 Å². The molecule has 5 nitrogen and oxygen atoms in total. The van der Waals surface area contributed by atoms with Gasteiger partial charge in [-0.15, -0.1) is 0 Å². The molecule has 3 aromatic rings. The highest BCUT2D eigenvalue weighted by Gasteiger charge is 2.12. The minimum absolute atomic E-state index is 0.152. The molecule has 3 rings (SSSR count). The first kappa shape index (κ1) is 16.7. The van der Waals surface area contributed by atoms with Crippen LogP contribution < -0.4 is 10.1 Å².